The van der Waals surface area contributed by atoms with Gasteiger partial charge in [0.2, 0.25) is 11.8 Å². The van der Waals surface area contributed by atoms with E-state index in [-0.39, 0.29) is 23.0 Å². The van der Waals surface area contributed by atoms with Gasteiger partial charge in [-0.3, -0.25) is 14.4 Å². The predicted molar refractivity (Wildman–Crippen MR) is 112 cm³/mol. The topological polar surface area (TPSA) is 87.3 Å². The van der Waals surface area contributed by atoms with Crippen LogP contribution in [-0.4, -0.2) is 47.5 Å². The van der Waals surface area contributed by atoms with Crippen LogP contribution in [0.15, 0.2) is 48.5 Å². The molecular formula is C21H19F4N3O3S. The summed E-state index contributed by atoms with van der Waals surface area (Å²) in [6.45, 7) is -1.47. The fourth-order valence-electron chi connectivity index (χ4n) is 2.97. The first kappa shape index (κ1) is 23.6. The molecule has 6 nitrogen and oxygen atoms in total. The Balaban J connectivity index is 1.54. The van der Waals surface area contributed by atoms with Gasteiger partial charge in [0.1, 0.15) is 18.4 Å². The van der Waals surface area contributed by atoms with E-state index in [1.54, 1.807) is 17.4 Å². The Morgan fingerprint density at radius 2 is 1.84 bits per heavy atom. The van der Waals surface area contributed by atoms with Gasteiger partial charge in [-0.05, 0) is 42.3 Å². The molecule has 2 aromatic rings. The highest BCUT2D eigenvalue weighted by Gasteiger charge is 2.32. The maximum atomic E-state index is 13.0. The summed E-state index contributed by atoms with van der Waals surface area (Å²) in [5, 5.41) is 6.53. The van der Waals surface area contributed by atoms with Crippen LogP contribution in [-0.2, 0) is 16.0 Å². The van der Waals surface area contributed by atoms with Gasteiger partial charge in [-0.1, -0.05) is 18.2 Å². The standard InChI is InChI=1S/C21H19F4N3O3S/c22-14-6-4-12(5-7-14)8-17-20(31)28-16(10-32-17)19(30)27-15-3-1-2-13(9-15)18(29)26-11-21(23,24)25/h1-7,9,16-17H,8,10-11H2,(H,26,29)(H,27,30)(H,28,31). The third-order valence-electron chi connectivity index (χ3n) is 4.57. The summed E-state index contributed by atoms with van der Waals surface area (Å²) in [7, 11) is 0. The monoisotopic (exact) mass is 469 g/mol. The molecule has 3 rings (SSSR count). The van der Waals surface area contributed by atoms with Gasteiger partial charge in [0, 0.05) is 17.0 Å². The second-order valence-corrected chi connectivity index (χ2v) is 8.32. The number of anilines is 1. The molecule has 1 aliphatic rings. The van der Waals surface area contributed by atoms with Crippen LogP contribution >= 0.6 is 11.8 Å². The lowest BCUT2D eigenvalue weighted by atomic mass is 10.1. The van der Waals surface area contributed by atoms with E-state index < -0.39 is 35.8 Å². The lowest BCUT2D eigenvalue weighted by molar-refractivity contribution is -0.126. The maximum absolute atomic E-state index is 13.0. The minimum Gasteiger partial charge on any atom is -0.343 e. The summed E-state index contributed by atoms with van der Waals surface area (Å²) in [4.78, 5) is 36.8. The van der Waals surface area contributed by atoms with Crippen LogP contribution in [0.1, 0.15) is 15.9 Å². The number of thioether (sulfide) groups is 1. The highest BCUT2D eigenvalue weighted by atomic mass is 32.2. The summed E-state index contributed by atoms with van der Waals surface area (Å²) < 4.78 is 49.8. The Morgan fingerprint density at radius 1 is 1.12 bits per heavy atom. The molecule has 170 valence electrons. The zero-order chi connectivity index (χ0) is 23.3. The Kier molecular flexibility index (Phi) is 7.39. The molecule has 0 aromatic heterocycles. The van der Waals surface area contributed by atoms with Crippen molar-refractivity contribution < 1.29 is 31.9 Å². The zero-order valence-electron chi connectivity index (χ0n) is 16.5. The van der Waals surface area contributed by atoms with Crippen molar-refractivity contribution in [3.05, 3.63) is 65.5 Å². The molecule has 3 N–H and O–H groups in total. The molecule has 0 bridgehead atoms. The van der Waals surface area contributed by atoms with E-state index >= 15 is 0 Å². The van der Waals surface area contributed by atoms with Gasteiger partial charge in [0.25, 0.3) is 5.91 Å². The molecule has 1 fully saturated rings. The number of amides is 3. The molecule has 3 amide bonds. The number of rotatable bonds is 6. The van der Waals surface area contributed by atoms with Crippen LogP contribution in [0.25, 0.3) is 0 Å². The minimum absolute atomic E-state index is 0.0477. The van der Waals surface area contributed by atoms with Crippen molar-refractivity contribution in [1.82, 2.24) is 10.6 Å². The van der Waals surface area contributed by atoms with Crippen LogP contribution in [0.4, 0.5) is 23.2 Å². The van der Waals surface area contributed by atoms with Gasteiger partial charge in [-0.25, -0.2) is 4.39 Å². The summed E-state index contributed by atoms with van der Waals surface area (Å²) in [5.74, 6) is -1.84. The van der Waals surface area contributed by atoms with Gasteiger partial charge in [-0.15, -0.1) is 11.8 Å². The molecule has 0 spiro atoms. The van der Waals surface area contributed by atoms with Crippen molar-refractivity contribution in [1.29, 1.82) is 0 Å². The van der Waals surface area contributed by atoms with E-state index in [9.17, 15) is 31.9 Å². The summed E-state index contributed by atoms with van der Waals surface area (Å²) in [6, 6.07) is 10.5. The normalized spacial score (nSPS) is 18.6. The molecule has 11 heteroatoms. The molecule has 1 heterocycles. The van der Waals surface area contributed by atoms with E-state index in [0.29, 0.717) is 12.2 Å². The van der Waals surface area contributed by atoms with Crippen molar-refractivity contribution >= 4 is 35.2 Å². The highest BCUT2D eigenvalue weighted by molar-refractivity contribution is 8.00. The third kappa shape index (κ3) is 6.71. The number of carbonyl (C=O) groups excluding carboxylic acids is 3. The van der Waals surface area contributed by atoms with Crippen molar-refractivity contribution in [3.63, 3.8) is 0 Å². The van der Waals surface area contributed by atoms with Crippen LogP contribution in [0.3, 0.4) is 0 Å². The minimum atomic E-state index is -4.53. The quantitative estimate of drug-likeness (QED) is 0.568. The molecule has 2 aromatic carbocycles. The van der Waals surface area contributed by atoms with E-state index in [1.807, 2.05) is 0 Å². The number of nitrogens with one attached hydrogen (secondary N) is 3. The van der Waals surface area contributed by atoms with Crippen molar-refractivity contribution in [3.8, 4) is 0 Å². The summed E-state index contributed by atoms with van der Waals surface area (Å²) in [5.41, 5.74) is 0.957. The zero-order valence-corrected chi connectivity index (χ0v) is 17.4. The molecule has 1 aliphatic heterocycles. The van der Waals surface area contributed by atoms with E-state index in [4.69, 9.17) is 0 Å². The third-order valence-corrected chi connectivity index (χ3v) is 5.87. The second kappa shape index (κ2) is 10.0. The van der Waals surface area contributed by atoms with Gasteiger partial charge in [-0.2, -0.15) is 13.2 Å². The molecule has 2 unspecified atom stereocenters. The average Bonchev–Trinajstić information content (AvgIpc) is 2.74. The highest BCUT2D eigenvalue weighted by Crippen LogP contribution is 2.23. The van der Waals surface area contributed by atoms with Gasteiger partial charge < -0.3 is 16.0 Å². The molecule has 1 saturated heterocycles. The molecule has 0 radical (unpaired) electrons. The average molecular weight is 469 g/mol. The van der Waals surface area contributed by atoms with Gasteiger partial charge in [0.05, 0.1) is 5.25 Å². The van der Waals surface area contributed by atoms with Crippen LogP contribution in [0.5, 0.6) is 0 Å². The van der Waals surface area contributed by atoms with Crippen LogP contribution < -0.4 is 16.0 Å². The number of benzene rings is 2. The molecule has 0 aliphatic carbocycles. The fraction of sp³-hybridized carbons (Fsp3) is 0.286. The lowest BCUT2D eigenvalue weighted by Gasteiger charge is -2.28. The molecule has 2 atom stereocenters. The maximum Gasteiger partial charge on any atom is 0.405 e. The number of halogens is 4. The van der Waals surface area contributed by atoms with Gasteiger partial charge >= 0.3 is 6.18 Å². The van der Waals surface area contributed by atoms with Crippen molar-refractivity contribution in [2.24, 2.45) is 0 Å². The van der Waals surface area contributed by atoms with Gasteiger partial charge in [0.15, 0.2) is 0 Å². The van der Waals surface area contributed by atoms with E-state index in [0.717, 1.165) is 5.56 Å². The number of hydrogen-bond donors (Lipinski definition) is 3. The Morgan fingerprint density at radius 3 is 2.50 bits per heavy atom. The van der Waals surface area contributed by atoms with E-state index in [2.05, 4.69) is 10.6 Å². The number of carbonyl (C=O) groups is 3. The number of alkyl halides is 3. The molecule has 0 saturated carbocycles. The Labute approximate surface area is 185 Å². The van der Waals surface area contributed by atoms with E-state index in [1.165, 1.54) is 48.2 Å². The van der Waals surface area contributed by atoms with Crippen LogP contribution in [0.2, 0.25) is 0 Å². The number of hydrogen-bond acceptors (Lipinski definition) is 4. The van der Waals surface area contributed by atoms with Crippen molar-refractivity contribution in [2.75, 3.05) is 17.6 Å². The molecular weight excluding hydrogens is 450 g/mol. The van der Waals surface area contributed by atoms with Crippen LogP contribution in [0, 0.1) is 5.82 Å². The SMILES string of the molecule is O=C(NCC(F)(F)F)c1cccc(NC(=O)C2CSC(Cc3ccc(F)cc3)C(=O)N2)c1. The first-order valence-corrected chi connectivity index (χ1v) is 10.6. The second-order valence-electron chi connectivity index (χ2n) is 7.08. The smallest absolute Gasteiger partial charge is 0.343 e. The van der Waals surface area contributed by atoms with Crippen molar-refractivity contribution in [2.45, 2.75) is 23.9 Å². The molecule has 32 heavy (non-hydrogen) atoms. The largest absolute Gasteiger partial charge is 0.405 e. The summed E-state index contributed by atoms with van der Waals surface area (Å²) in [6.07, 6.45) is -4.15. The summed E-state index contributed by atoms with van der Waals surface area (Å²) >= 11 is 1.30. The first-order chi connectivity index (χ1) is 15.1. The lowest BCUT2D eigenvalue weighted by Crippen LogP contribution is -2.52. The Bertz CT molecular complexity index is 999. The fourth-order valence-corrected chi connectivity index (χ4v) is 4.16. The predicted octanol–water partition coefficient (Wildman–Crippen LogP) is 2.90. The first-order valence-electron chi connectivity index (χ1n) is 9.53. The Hall–Kier alpha value is -3.08.